The fraction of sp³-hybridized carbons (Fsp3) is 0.346. The highest BCUT2D eigenvalue weighted by Crippen LogP contribution is 2.33. The largest absolute Gasteiger partial charge is 0.507 e. The molecule has 4 heterocycles. The number of fused-ring (bicyclic) bond motifs is 2. The summed E-state index contributed by atoms with van der Waals surface area (Å²) in [4.78, 5) is 24.1. The first-order valence-corrected chi connectivity index (χ1v) is 11.2. The van der Waals surface area contributed by atoms with Crippen LogP contribution in [0.4, 0.5) is 5.82 Å². The maximum absolute atomic E-state index is 12.2. The molecule has 1 aromatic carbocycles. The molecule has 0 bridgehead atoms. The van der Waals surface area contributed by atoms with Crippen LogP contribution in [0.15, 0.2) is 51.7 Å². The highest BCUT2D eigenvalue weighted by atomic mass is 16.3. The third-order valence-corrected chi connectivity index (χ3v) is 5.92. The van der Waals surface area contributed by atoms with Gasteiger partial charge in [-0.3, -0.25) is 4.79 Å². The van der Waals surface area contributed by atoms with Crippen LogP contribution in [0.1, 0.15) is 33.0 Å². The summed E-state index contributed by atoms with van der Waals surface area (Å²) in [6.45, 7) is 10.2. The Balaban J connectivity index is 1.46. The summed E-state index contributed by atoms with van der Waals surface area (Å²) in [6.07, 6.45) is 1.09. The topological polar surface area (TPSA) is 91.5 Å². The Morgan fingerprint density at radius 2 is 1.85 bits per heavy atom. The summed E-state index contributed by atoms with van der Waals surface area (Å²) in [7, 11) is 0. The van der Waals surface area contributed by atoms with Gasteiger partial charge < -0.3 is 19.7 Å². The Morgan fingerprint density at radius 3 is 2.64 bits per heavy atom. The van der Waals surface area contributed by atoms with Crippen LogP contribution >= 0.6 is 0 Å². The van der Waals surface area contributed by atoms with E-state index in [-0.39, 0.29) is 16.7 Å². The Morgan fingerprint density at radius 1 is 1.09 bits per heavy atom. The minimum Gasteiger partial charge on any atom is -0.507 e. The van der Waals surface area contributed by atoms with Crippen molar-refractivity contribution in [3.8, 4) is 17.0 Å². The zero-order chi connectivity index (χ0) is 23.3. The van der Waals surface area contributed by atoms with E-state index in [4.69, 9.17) is 14.4 Å². The first kappa shape index (κ1) is 21.4. The van der Waals surface area contributed by atoms with Crippen molar-refractivity contribution < 1.29 is 9.52 Å². The van der Waals surface area contributed by atoms with Gasteiger partial charge in [0, 0.05) is 36.3 Å². The predicted molar refractivity (Wildman–Crippen MR) is 131 cm³/mol. The number of nitrogens with zero attached hydrogens (tertiary/aromatic N) is 3. The maximum Gasteiger partial charge on any atom is 0.193 e. The van der Waals surface area contributed by atoms with Gasteiger partial charge in [0.1, 0.15) is 22.9 Å². The molecule has 2 N–H and O–H groups in total. The molecule has 1 aliphatic rings. The SMILES string of the molecule is Cc1cc(=O)c2cc(O)c(-c3ccc4nc(N5CCC(NC(C)(C)C)C5)ccc4n3)cc2o1. The van der Waals surface area contributed by atoms with Gasteiger partial charge in [-0.15, -0.1) is 0 Å². The lowest BCUT2D eigenvalue weighted by molar-refractivity contribution is 0.373. The Kier molecular flexibility index (Phi) is 5.09. The summed E-state index contributed by atoms with van der Waals surface area (Å²) in [5, 5.41) is 14.6. The smallest absolute Gasteiger partial charge is 0.193 e. The van der Waals surface area contributed by atoms with Gasteiger partial charge in [0.2, 0.25) is 0 Å². The highest BCUT2D eigenvalue weighted by molar-refractivity contribution is 5.87. The molecule has 0 amide bonds. The van der Waals surface area contributed by atoms with E-state index in [0.29, 0.717) is 34.0 Å². The zero-order valence-corrected chi connectivity index (χ0v) is 19.3. The second-order valence-corrected chi connectivity index (χ2v) is 9.82. The number of hydrogen-bond acceptors (Lipinski definition) is 7. The van der Waals surface area contributed by atoms with Crippen molar-refractivity contribution in [2.24, 2.45) is 0 Å². The molecule has 3 aromatic heterocycles. The van der Waals surface area contributed by atoms with E-state index in [1.54, 1.807) is 13.0 Å². The van der Waals surface area contributed by atoms with E-state index in [0.717, 1.165) is 36.4 Å². The normalized spacial score (nSPS) is 16.7. The van der Waals surface area contributed by atoms with Crippen molar-refractivity contribution in [1.29, 1.82) is 0 Å². The quantitative estimate of drug-likeness (QED) is 0.484. The molecule has 4 aromatic rings. The van der Waals surface area contributed by atoms with Crippen LogP contribution in [0.5, 0.6) is 5.75 Å². The van der Waals surface area contributed by atoms with Crippen LogP contribution in [0.25, 0.3) is 33.3 Å². The lowest BCUT2D eigenvalue weighted by atomic mass is 10.1. The number of rotatable bonds is 3. The Labute approximate surface area is 192 Å². The van der Waals surface area contributed by atoms with Crippen molar-refractivity contribution in [2.75, 3.05) is 18.0 Å². The first-order valence-electron chi connectivity index (χ1n) is 11.2. The molecular formula is C26H28N4O3. The number of aromatic nitrogens is 2. The number of aryl methyl sites for hydroxylation is 1. The van der Waals surface area contributed by atoms with Gasteiger partial charge in [0.05, 0.1) is 22.1 Å². The predicted octanol–water partition coefficient (Wildman–Crippen LogP) is 4.38. The summed E-state index contributed by atoms with van der Waals surface area (Å²) in [5.74, 6) is 1.46. The van der Waals surface area contributed by atoms with Crippen LogP contribution in [-0.4, -0.2) is 39.7 Å². The van der Waals surface area contributed by atoms with Gasteiger partial charge in [0.25, 0.3) is 0 Å². The monoisotopic (exact) mass is 444 g/mol. The number of phenols is 1. The van der Waals surface area contributed by atoms with Gasteiger partial charge in [-0.25, -0.2) is 9.97 Å². The molecule has 7 nitrogen and oxygen atoms in total. The van der Waals surface area contributed by atoms with Gasteiger partial charge >= 0.3 is 0 Å². The minimum atomic E-state index is -0.180. The van der Waals surface area contributed by atoms with Crippen molar-refractivity contribution in [1.82, 2.24) is 15.3 Å². The summed E-state index contributed by atoms with van der Waals surface area (Å²) in [5.41, 5.74) is 2.98. The third kappa shape index (κ3) is 4.28. The average molecular weight is 445 g/mol. The fourth-order valence-corrected chi connectivity index (χ4v) is 4.54. The van der Waals surface area contributed by atoms with E-state index >= 15 is 0 Å². The number of nitrogens with one attached hydrogen (secondary N) is 1. The van der Waals surface area contributed by atoms with Crippen LogP contribution < -0.4 is 15.6 Å². The molecule has 1 unspecified atom stereocenters. The van der Waals surface area contributed by atoms with Crippen LogP contribution in [0, 0.1) is 6.92 Å². The lowest BCUT2D eigenvalue weighted by Crippen LogP contribution is -2.44. The summed E-state index contributed by atoms with van der Waals surface area (Å²) in [6, 6.07) is 12.7. The molecule has 170 valence electrons. The van der Waals surface area contributed by atoms with Crippen molar-refractivity contribution in [2.45, 2.75) is 45.7 Å². The van der Waals surface area contributed by atoms with Gasteiger partial charge in [-0.05, 0) is 70.5 Å². The Bertz CT molecular complexity index is 1420. The van der Waals surface area contributed by atoms with Gasteiger partial charge in [-0.1, -0.05) is 0 Å². The molecule has 1 aliphatic heterocycles. The maximum atomic E-state index is 12.2. The fourth-order valence-electron chi connectivity index (χ4n) is 4.54. The second kappa shape index (κ2) is 7.85. The number of anilines is 1. The molecule has 0 aliphatic carbocycles. The molecule has 5 rings (SSSR count). The van der Waals surface area contributed by atoms with Crippen LogP contribution in [0.3, 0.4) is 0 Å². The molecule has 33 heavy (non-hydrogen) atoms. The third-order valence-electron chi connectivity index (χ3n) is 5.92. The number of benzene rings is 1. The number of hydrogen-bond donors (Lipinski definition) is 2. The van der Waals surface area contributed by atoms with E-state index in [1.165, 1.54) is 12.1 Å². The summed E-state index contributed by atoms with van der Waals surface area (Å²) >= 11 is 0. The molecule has 0 spiro atoms. The molecule has 0 radical (unpaired) electrons. The minimum absolute atomic E-state index is 0.00969. The van der Waals surface area contributed by atoms with E-state index < -0.39 is 0 Å². The standard InChI is InChI=1S/C26H28N4O3/c1-15-11-22(31)18-12-23(32)17(13-24(18)33-15)19-5-6-21-20(27-19)7-8-25(28-21)30-10-9-16(14-30)29-26(2,3)4/h5-8,11-13,16,29,32H,9-10,14H2,1-4H3. The van der Waals surface area contributed by atoms with Gasteiger partial charge in [-0.2, -0.15) is 0 Å². The zero-order valence-electron chi connectivity index (χ0n) is 19.3. The van der Waals surface area contributed by atoms with E-state index in [9.17, 15) is 9.90 Å². The van der Waals surface area contributed by atoms with Crippen LogP contribution in [-0.2, 0) is 0 Å². The number of pyridine rings is 2. The number of aromatic hydroxyl groups is 1. The lowest BCUT2D eigenvalue weighted by Gasteiger charge is -2.26. The van der Waals surface area contributed by atoms with Crippen molar-refractivity contribution in [3.63, 3.8) is 0 Å². The molecular weight excluding hydrogens is 416 g/mol. The van der Waals surface area contributed by atoms with Crippen molar-refractivity contribution in [3.05, 3.63) is 58.4 Å². The van der Waals surface area contributed by atoms with Gasteiger partial charge in [0.15, 0.2) is 5.43 Å². The molecule has 0 saturated carbocycles. The number of phenolic OH excluding ortho intramolecular Hbond substituents is 1. The first-order chi connectivity index (χ1) is 15.7. The van der Waals surface area contributed by atoms with E-state index in [1.807, 2.05) is 24.3 Å². The highest BCUT2D eigenvalue weighted by Gasteiger charge is 2.26. The Hall–Kier alpha value is -3.45. The molecule has 1 saturated heterocycles. The van der Waals surface area contributed by atoms with Crippen molar-refractivity contribution >= 4 is 27.8 Å². The average Bonchev–Trinajstić information content (AvgIpc) is 3.20. The molecule has 7 heteroatoms. The molecule has 1 atom stereocenters. The van der Waals surface area contributed by atoms with Crippen LogP contribution in [0.2, 0.25) is 0 Å². The molecule has 1 fully saturated rings. The van der Waals surface area contributed by atoms with E-state index in [2.05, 4.69) is 31.0 Å². The second-order valence-electron chi connectivity index (χ2n) is 9.82. The summed E-state index contributed by atoms with van der Waals surface area (Å²) < 4.78 is 5.70.